The van der Waals surface area contributed by atoms with E-state index in [2.05, 4.69) is 264 Å². The van der Waals surface area contributed by atoms with Crippen molar-refractivity contribution >= 4 is 60.8 Å². The summed E-state index contributed by atoms with van der Waals surface area (Å²) < 4.78 is 8.61. The second-order valence-corrected chi connectivity index (χ2v) is 17.7. The molecule has 0 amide bonds. The van der Waals surface area contributed by atoms with Gasteiger partial charge in [0.2, 0.25) is 0 Å². The van der Waals surface area contributed by atoms with Crippen molar-refractivity contribution in [1.82, 2.24) is 4.57 Å². The number of benzene rings is 11. The van der Waals surface area contributed by atoms with Gasteiger partial charge in [0.05, 0.1) is 11.0 Å². The Balaban J connectivity index is 0.802. The Morgan fingerprint density at radius 2 is 0.710 bits per heavy atom. The molecule has 11 aromatic carbocycles. The zero-order chi connectivity index (χ0) is 45.7. The minimum atomic E-state index is 0.903. The molecule has 0 saturated carbocycles. The van der Waals surface area contributed by atoms with Crippen molar-refractivity contribution in [1.29, 1.82) is 0 Å². The van der Waals surface area contributed by atoms with Gasteiger partial charge in [-0.1, -0.05) is 188 Å². The quantitative estimate of drug-likeness (QED) is 0.144. The number of anilines is 3. The molecule has 0 aliphatic carbocycles. The molecule has 0 spiro atoms. The van der Waals surface area contributed by atoms with Gasteiger partial charge in [-0.3, -0.25) is 0 Å². The van der Waals surface area contributed by atoms with Crippen LogP contribution in [0.5, 0.6) is 0 Å². The summed E-state index contributed by atoms with van der Waals surface area (Å²) in [6, 6.07) is 96.0. The number of nitrogens with zero attached hydrogens (tertiary/aromatic N) is 2. The first-order valence-corrected chi connectivity index (χ1v) is 23.6. The standard InChI is InChI=1S/C66H44N2O/c1-2-13-45(14-3-1)52-16-11-18-57(44-52)67(55-39-35-50(36-40-55)51-15-10-17-53(43-51)58-22-12-26-65-66(58)61-21-6-9-25-64(61)69-65)54-37-31-48(32-38-54)46-27-29-47(30-28-46)49-33-41-56(42-34-49)68-62-23-7-4-19-59(62)60-20-5-8-24-63(60)68/h1-44H. The first kappa shape index (κ1) is 40.1. The highest BCUT2D eigenvalue weighted by Gasteiger charge is 2.17. The summed E-state index contributed by atoms with van der Waals surface area (Å²) in [5, 5.41) is 4.82. The van der Waals surface area contributed by atoms with Crippen molar-refractivity contribution in [3.8, 4) is 61.3 Å². The van der Waals surface area contributed by atoms with Crippen molar-refractivity contribution in [2.24, 2.45) is 0 Å². The molecule has 0 N–H and O–H groups in total. The van der Waals surface area contributed by atoms with Crippen molar-refractivity contribution in [2.45, 2.75) is 0 Å². The summed E-state index contributed by atoms with van der Waals surface area (Å²) in [4.78, 5) is 2.35. The molecule has 0 unspecified atom stereocenters. The van der Waals surface area contributed by atoms with E-state index >= 15 is 0 Å². The molecule has 3 nitrogen and oxygen atoms in total. The van der Waals surface area contributed by atoms with Crippen LogP contribution in [-0.2, 0) is 0 Å². The monoisotopic (exact) mass is 880 g/mol. The zero-order valence-electron chi connectivity index (χ0n) is 37.7. The third-order valence-electron chi connectivity index (χ3n) is 13.6. The highest BCUT2D eigenvalue weighted by molar-refractivity contribution is 6.12. The van der Waals surface area contributed by atoms with Gasteiger partial charge < -0.3 is 13.9 Å². The van der Waals surface area contributed by atoms with E-state index in [9.17, 15) is 0 Å². The minimum Gasteiger partial charge on any atom is -0.456 e. The third-order valence-corrected chi connectivity index (χ3v) is 13.6. The summed E-state index contributed by atoms with van der Waals surface area (Å²) in [7, 11) is 0. The van der Waals surface area contributed by atoms with E-state index < -0.39 is 0 Å². The maximum absolute atomic E-state index is 6.24. The van der Waals surface area contributed by atoms with Gasteiger partial charge in [-0.25, -0.2) is 0 Å². The van der Waals surface area contributed by atoms with Crippen LogP contribution in [0.3, 0.4) is 0 Å². The van der Waals surface area contributed by atoms with E-state index in [-0.39, 0.29) is 0 Å². The Labute approximate surface area is 401 Å². The lowest BCUT2D eigenvalue weighted by Gasteiger charge is -2.26. The van der Waals surface area contributed by atoms with Crippen LogP contribution in [-0.4, -0.2) is 4.57 Å². The van der Waals surface area contributed by atoms with E-state index in [4.69, 9.17) is 4.42 Å². The van der Waals surface area contributed by atoms with Crippen molar-refractivity contribution < 1.29 is 4.42 Å². The average Bonchev–Trinajstić information content (AvgIpc) is 3.98. The maximum atomic E-state index is 6.24. The fraction of sp³-hybridized carbons (Fsp3) is 0. The van der Waals surface area contributed by atoms with Crippen molar-refractivity contribution in [2.75, 3.05) is 4.90 Å². The first-order valence-electron chi connectivity index (χ1n) is 23.6. The maximum Gasteiger partial charge on any atom is 0.136 e. The second-order valence-electron chi connectivity index (χ2n) is 17.7. The predicted octanol–water partition coefficient (Wildman–Crippen LogP) is 18.5. The Bertz CT molecular complexity index is 3920. The van der Waals surface area contributed by atoms with Crippen LogP contribution in [0.4, 0.5) is 17.1 Å². The summed E-state index contributed by atoms with van der Waals surface area (Å²) >= 11 is 0. The molecule has 2 aromatic heterocycles. The molecule has 324 valence electrons. The average molecular weight is 881 g/mol. The third kappa shape index (κ3) is 7.25. The molecular formula is C66H44N2O. The molecule has 13 aromatic rings. The van der Waals surface area contributed by atoms with E-state index in [1.165, 1.54) is 60.8 Å². The number of hydrogen-bond donors (Lipinski definition) is 0. The normalized spacial score (nSPS) is 11.5. The Kier molecular flexibility index (Phi) is 9.84. The van der Waals surface area contributed by atoms with Gasteiger partial charge in [-0.2, -0.15) is 0 Å². The largest absolute Gasteiger partial charge is 0.456 e. The predicted molar refractivity (Wildman–Crippen MR) is 290 cm³/mol. The van der Waals surface area contributed by atoms with Crippen LogP contribution < -0.4 is 4.90 Å². The van der Waals surface area contributed by atoms with Gasteiger partial charge in [0.1, 0.15) is 11.2 Å². The van der Waals surface area contributed by atoms with E-state index in [1.807, 2.05) is 12.1 Å². The molecule has 2 heterocycles. The number of fused-ring (bicyclic) bond motifs is 6. The van der Waals surface area contributed by atoms with E-state index in [0.717, 1.165) is 61.4 Å². The molecule has 69 heavy (non-hydrogen) atoms. The lowest BCUT2D eigenvalue weighted by Crippen LogP contribution is -2.10. The summed E-state index contributed by atoms with van der Waals surface area (Å²) in [6.45, 7) is 0. The minimum absolute atomic E-state index is 0.903. The fourth-order valence-corrected chi connectivity index (χ4v) is 10.2. The van der Waals surface area contributed by atoms with Crippen molar-refractivity contribution in [3.63, 3.8) is 0 Å². The first-order chi connectivity index (χ1) is 34.2. The Morgan fingerprint density at radius 1 is 0.275 bits per heavy atom. The molecule has 13 rings (SSSR count). The fourth-order valence-electron chi connectivity index (χ4n) is 10.2. The SMILES string of the molecule is c1ccc(-c2cccc(N(c3ccc(-c4ccc(-c5ccc(-n6c7ccccc7c7ccccc76)cc5)cc4)cc3)c3ccc(-c4cccc(-c5cccc6oc7ccccc7c56)c4)cc3)c2)cc1. The summed E-state index contributed by atoms with van der Waals surface area (Å²) in [5.41, 5.74) is 20.4. The molecule has 0 radical (unpaired) electrons. The highest BCUT2D eigenvalue weighted by atomic mass is 16.3. The lowest BCUT2D eigenvalue weighted by molar-refractivity contribution is 0.669. The van der Waals surface area contributed by atoms with Gasteiger partial charge in [-0.05, 0) is 134 Å². The molecule has 0 fully saturated rings. The topological polar surface area (TPSA) is 21.3 Å². The van der Waals surface area contributed by atoms with Crippen LogP contribution in [0.2, 0.25) is 0 Å². The van der Waals surface area contributed by atoms with Gasteiger partial charge in [0.15, 0.2) is 0 Å². The van der Waals surface area contributed by atoms with E-state index in [0.29, 0.717) is 0 Å². The second kappa shape index (κ2) is 16.9. The van der Waals surface area contributed by atoms with Gasteiger partial charge >= 0.3 is 0 Å². The van der Waals surface area contributed by atoms with Gasteiger partial charge in [0.25, 0.3) is 0 Å². The van der Waals surface area contributed by atoms with Crippen LogP contribution in [0.25, 0.3) is 105 Å². The number of para-hydroxylation sites is 3. The molecule has 3 heteroatoms. The van der Waals surface area contributed by atoms with Crippen LogP contribution in [0.1, 0.15) is 0 Å². The number of rotatable bonds is 9. The summed E-state index contributed by atoms with van der Waals surface area (Å²) in [6.07, 6.45) is 0. The molecule has 0 atom stereocenters. The Morgan fingerprint density at radius 3 is 1.35 bits per heavy atom. The molecule has 0 aliphatic heterocycles. The van der Waals surface area contributed by atoms with Crippen LogP contribution >= 0.6 is 0 Å². The lowest BCUT2D eigenvalue weighted by atomic mass is 9.96. The molecule has 0 aliphatic rings. The van der Waals surface area contributed by atoms with E-state index in [1.54, 1.807) is 0 Å². The smallest absolute Gasteiger partial charge is 0.136 e. The number of furan rings is 1. The number of aromatic nitrogens is 1. The zero-order valence-corrected chi connectivity index (χ0v) is 37.7. The number of hydrogen-bond acceptors (Lipinski definition) is 2. The molecule has 0 saturated heterocycles. The van der Waals surface area contributed by atoms with Crippen LogP contribution in [0, 0.1) is 0 Å². The van der Waals surface area contributed by atoms with Gasteiger partial charge in [-0.15, -0.1) is 0 Å². The van der Waals surface area contributed by atoms with Gasteiger partial charge in [0, 0.05) is 44.3 Å². The summed E-state index contributed by atoms with van der Waals surface area (Å²) in [5.74, 6) is 0. The molecular weight excluding hydrogens is 837 g/mol. The Hall–Kier alpha value is -9.18. The molecule has 0 bridgehead atoms. The van der Waals surface area contributed by atoms with Crippen molar-refractivity contribution in [3.05, 3.63) is 267 Å². The van der Waals surface area contributed by atoms with Crippen LogP contribution in [0.15, 0.2) is 271 Å². The highest BCUT2D eigenvalue weighted by Crippen LogP contribution is 2.41.